The van der Waals surface area contributed by atoms with Gasteiger partial charge in [0.15, 0.2) is 0 Å². The summed E-state index contributed by atoms with van der Waals surface area (Å²) in [4.78, 5) is 0. The van der Waals surface area contributed by atoms with E-state index in [0.717, 1.165) is 5.56 Å². The molecule has 2 heteroatoms. The van der Waals surface area contributed by atoms with Gasteiger partial charge >= 0.3 is 0 Å². The number of rotatable bonds is 0. The first-order valence-electron chi connectivity index (χ1n) is 8.57. The van der Waals surface area contributed by atoms with Crippen LogP contribution in [0.2, 0.25) is 0 Å². The van der Waals surface area contributed by atoms with Crippen molar-refractivity contribution in [2.24, 2.45) is 0 Å². The van der Waals surface area contributed by atoms with Crippen LogP contribution >= 0.6 is 0 Å². The van der Waals surface area contributed by atoms with Crippen LogP contribution < -0.4 is 0 Å². The normalized spacial score (nSPS) is 8.70. The molecule has 0 amide bonds. The standard InChI is InChI=1S/C8H9F.2C8H10.CH3.Y/c1-6-3-4-7(2)8(9)5-6;2*1-7-3-5-8(2)6-4-7;;/h3-5H,1-2H3;2*3-6H,1-2H3;1H3;/q;;;-1;. The predicted octanol–water partition coefficient (Wildman–Crippen LogP) is 7.50. The molecule has 3 rings (SSSR count). The molecule has 0 nitrogen and oxygen atoms in total. The van der Waals surface area contributed by atoms with Gasteiger partial charge in [-0.25, -0.2) is 4.39 Å². The van der Waals surface area contributed by atoms with E-state index in [1.807, 2.05) is 13.0 Å². The SMILES string of the molecule is Cc1ccc(C)c(F)c1.Cc1ccc(C)cc1.Cc1ccc(C)cc1.[CH3-].[Y]. The van der Waals surface area contributed by atoms with Gasteiger partial charge < -0.3 is 7.43 Å². The minimum Gasteiger partial charge on any atom is -0.358 e. The van der Waals surface area contributed by atoms with Gasteiger partial charge in [0.1, 0.15) is 5.82 Å². The summed E-state index contributed by atoms with van der Waals surface area (Å²) in [5.74, 6) is -0.116. The molecule has 0 fully saturated rings. The summed E-state index contributed by atoms with van der Waals surface area (Å²) in [6.07, 6.45) is 0. The van der Waals surface area contributed by atoms with Crippen molar-refractivity contribution in [3.63, 3.8) is 0 Å². The second-order valence-electron chi connectivity index (χ2n) is 6.56. The van der Waals surface area contributed by atoms with Gasteiger partial charge in [-0.3, -0.25) is 0 Å². The second-order valence-corrected chi connectivity index (χ2v) is 6.56. The predicted molar refractivity (Wildman–Crippen MR) is 114 cm³/mol. The topological polar surface area (TPSA) is 0 Å². The number of benzene rings is 3. The first kappa shape index (κ1) is 27.9. The molecule has 0 heterocycles. The second kappa shape index (κ2) is 14.7. The Balaban J connectivity index is 0. The van der Waals surface area contributed by atoms with Crippen molar-refractivity contribution in [2.45, 2.75) is 41.5 Å². The Morgan fingerprint density at radius 1 is 0.481 bits per heavy atom. The van der Waals surface area contributed by atoms with E-state index >= 15 is 0 Å². The molecule has 0 aliphatic rings. The summed E-state index contributed by atoms with van der Waals surface area (Å²) in [5, 5.41) is 0. The summed E-state index contributed by atoms with van der Waals surface area (Å²) < 4.78 is 12.6. The Hall–Kier alpha value is -1.31. The van der Waals surface area contributed by atoms with Crippen LogP contribution in [0.5, 0.6) is 0 Å². The van der Waals surface area contributed by atoms with Crippen molar-refractivity contribution in [1.29, 1.82) is 0 Å². The van der Waals surface area contributed by atoms with Gasteiger partial charge in [-0.05, 0) is 58.7 Å². The molecule has 0 bridgehead atoms. The van der Waals surface area contributed by atoms with Crippen LogP contribution in [0.3, 0.4) is 0 Å². The van der Waals surface area contributed by atoms with E-state index in [-0.39, 0.29) is 46.0 Å². The van der Waals surface area contributed by atoms with Gasteiger partial charge in [-0.1, -0.05) is 82.9 Å². The third kappa shape index (κ3) is 12.7. The third-order valence-electron chi connectivity index (χ3n) is 3.76. The third-order valence-corrected chi connectivity index (χ3v) is 3.76. The minimum absolute atomic E-state index is 0. The average Bonchev–Trinajstić information content (AvgIpc) is 2.58. The zero-order valence-electron chi connectivity index (χ0n) is 17.8. The van der Waals surface area contributed by atoms with Crippen LogP contribution in [-0.4, -0.2) is 0 Å². The van der Waals surface area contributed by atoms with Crippen molar-refractivity contribution >= 4 is 0 Å². The van der Waals surface area contributed by atoms with Crippen LogP contribution in [-0.2, 0) is 32.7 Å². The van der Waals surface area contributed by atoms with Crippen molar-refractivity contribution < 1.29 is 37.1 Å². The molecule has 143 valence electrons. The molecule has 0 aliphatic carbocycles. The molecule has 0 aliphatic heterocycles. The summed E-state index contributed by atoms with van der Waals surface area (Å²) in [6, 6.07) is 22.2. The first-order chi connectivity index (χ1) is 11.8. The van der Waals surface area contributed by atoms with E-state index in [1.165, 1.54) is 28.3 Å². The summed E-state index contributed by atoms with van der Waals surface area (Å²) in [5.41, 5.74) is 7.00. The summed E-state index contributed by atoms with van der Waals surface area (Å²) in [6.45, 7) is 12.0. The molecular formula is C25H32FY-. The Bertz CT molecular complexity index is 674. The Kier molecular flexibility index (Phi) is 15.2. The Morgan fingerprint density at radius 2 is 0.741 bits per heavy atom. The largest absolute Gasteiger partial charge is 0.358 e. The molecule has 3 aromatic carbocycles. The molecule has 3 aromatic rings. The number of halogens is 1. The van der Waals surface area contributed by atoms with E-state index < -0.39 is 0 Å². The average molecular weight is 440 g/mol. The van der Waals surface area contributed by atoms with E-state index in [2.05, 4.69) is 76.2 Å². The maximum absolute atomic E-state index is 12.6. The van der Waals surface area contributed by atoms with E-state index in [1.54, 1.807) is 13.0 Å². The maximum Gasteiger partial charge on any atom is 0.126 e. The first-order valence-corrected chi connectivity index (χ1v) is 8.57. The number of aryl methyl sites for hydroxylation is 6. The molecule has 0 N–H and O–H groups in total. The van der Waals surface area contributed by atoms with E-state index in [0.29, 0.717) is 5.56 Å². The Morgan fingerprint density at radius 3 is 0.963 bits per heavy atom. The van der Waals surface area contributed by atoms with Gasteiger partial charge in [0.25, 0.3) is 0 Å². The van der Waals surface area contributed by atoms with Gasteiger partial charge in [0.05, 0.1) is 0 Å². The summed E-state index contributed by atoms with van der Waals surface area (Å²) in [7, 11) is 0. The molecule has 27 heavy (non-hydrogen) atoms. The van der Waals surface area contributed by atoms with Crippen LogP contribution in [0.15, 0.2) is 66.7 Å². The van der Waals surface area contributed by atoms with Gasteiger partial charge in [0.2, 0.25) is 0 Å². The van der Waals surface area contributed by atoms with Crippen LogP contribution in [0.4, 0.5) is 4.39 Å². The minimum atomic E-state index is -0.116. The quantitative estimate of drug-likeness (QED) is 0.318. The monoisotopic (exact) mass is 440 g/mol. The van der Waals surface area contributed by atoms with Crippen molar-refractivity contribution in [3.05, 3.63) is 113 Å². The zero-order chi connectivity index (χ0) is 18.8. The fourth-order valence-corrected chi connectivity index (χ4v) is 1.97. The molecule has 0 saturated heterocycles. The molecule has 0 saturated carbocycles. The smallest absolute Gasteiger partial charge is 0.126 e. The number of hydrogen-bond acceptors (Lipinski definition) is 0. The number of hydrogen-bond donors (Lipinski definition) is 0. The Labute approximate surface area is 191 Å². The fraction of sp³-hybridized carbons (Fsp3) is 0.240. The molecule has 0 atom stereocenters. The van der Waals surface area contributed by atoms with Crippen molar-refractivity contribution in [3.8, 4) is 0 Å². The van der Waals surface area contributed by atoms with Crippen LogP contribution in [0.1, 0.15) is 33.4 Å². The maximum atomic E-state index is 12.6. The molecule has 0 unspecified atom stereocenters. The molecule has 0 spiro atoms. The molecule has 0 aromatic heterocycles. The van der Waals surface area contributed by atoms with Gasteiger partial charge in [-0.2, -0.15) is 0 Å². The van der Waals surface area contributed by atoms with Crippen molar-refractivity contribution in [2.75, 3.05) is 0 Å². The molecule has 1 radical (unpaired) electrons. The van der Waals surface area contributed by atoms with Gasteiger partial charge in [-0.15, -0.1) is 0 Å². The van der Waals surface area contributed by atoms with Crippen LogP contribution in [0, 0.1) is 54.8 Å². The summed E-state index contributed by atoms with van der Waals surface area (Å²) >= 11 is 0. The van der Waals surface area contributed by atoms with E-state index in [9.17, 15) is 4.39 Å². The molecular weight excluding hydrogens is 408 g/mol. The van der Waals surface area contributed by atoms with Crippen molar-refractivity contribution in [1.82, 2.24) is 0 Å². The zero-order valence-corrected chi connectivity index (χ0v) is 20.6. The van der Waals surface area contributed by atoms with Crippen LogP contribution in [0.25, 0.3) is 0 Å². The van der Waals surface area contributed by atoms with E-state index in [4.69, 9.17) is 0 Å². The fourth-order valence-electron chi connectivity index (χ4n) is 1.97. The van der Waals surface area contributed by atoms with Gasteiger partial charge in [0, 0.05) is 32.7 Å².